The molecule has 1 aliphatic heterocycles. The number of rotatable bonds is 3. The summed E-state index contributed by atoms with van der Waals surface area (Å²) < 4.78 is 5.04. The predicted octanol–water partition coefficient (Wildman–Crippen LogP) is -0.267. The van der Waals surface area contributed by atoms with E-state index in [0.717, 1.165) is 6.42 Å². The van der Waals surface area contributed by atoms with Gasteiger partial charge in [0.15, 0.2) is 0 Å². The molecule has 10 heavy (non-hydrogen) atoms. The fourth-order valence-electron chi connectivity index (χ4n) is 1.25. The van der Waals surface area contributed by atoms with E-state index in [9.17, 15) is 5.11 Å². The van der Waals surface area contributed by atoms with Crippen molar-refractivity contribution in [3.63, 3.8) is 0 Å². The van der Waals surface area contributed by atoms with Crippen molar-refractivity contribution in [2.75, 3.05) is 19.8 Å². The van der Waals surface area contributed by atoms with Gasteiger partial charge in [-0.2, -0.15) is 0 Å². The molecule has 0 unspecified atom stereocenters. The van der Waals surface area contributed by atoms with E-state index in [1.807, 2.05) is 0 Å². The number of aliphatic hydroxyl groups excluding tert-OH is 1. The summed E-state index contributed by atoms with van der Waals surface area (Å²) in [6.45, 7) is 3.74. The molecule has 3 nitrogen and oxygen atoms in total. The van der Waals surface area contributed by atoms with Crippen molar-refractivity contribution in [1.29, 1.82) is 0 Å². The molecule has 0 aliphatic carbocycles. The summed E-state index contributed by atoms with van der Waals surface area (Å²) in [7, 11) is 0. The Balaban J connectivity index is 2.46. The SMILES string of the molecule is CCC1([C@H](O)CN)COC1. The lowest BCUT2D eigenvalue weighted by molar-refractivity contribution is -0.170. The molecule has 1 atom stereocenters. The number of aliphatic hydroxyl groups is 1. The first-order valence-corrected chi connectivity index (χ1v) is 3.71. The van der Waals surface area contributed by atoms with Gasteiger partial charge in [0.2, 0.25) is 0 Å². The van der Waals surface area contributed by atoms with E-state index in [1.165, 1.54) is 0 Å². The normalized spacial score (nSPS) is 25.5. The van der Waals surface area contributed by atoms with Gasteiger partial charge in [-0.25, -0.2) is 0 Å². The minimum Gasteiger partial charge on any atom is -0.391 e. The first-order valence-electron chi connectivity index (χ1n) is 3.71. The molecule has 0 amide bonds. The van der Waals surface area contributed by atoms with Crippen LogP contribution in [0.1, 0.15) is 13.3 Å². The van der Waals surface area contributed by atoms with Crippen molar-refractivity contribution in [2.45, 2.75) is 19.4 Å². The molecular weight excluding hydrogens is 130 g/mol. The van der Waals surface area contributed by atoms with E-state index in [1.54, 1.807) is 0 Å². The molecule has 1 heterocycles. The predicted molar refractivity (Wildman–Crippen MR) is 38.6 cm³/mol. The molecule has 0 radical (unpaired) electrons. The zero-order valence-electron chi connectivity index (χ0n) is 6.34. The Kier molecular flexibility index (Phi) is 2.28. The zero-order valence-corrected chi connectivity index (χ0v) is 6.34. The van der Waals surface area contributed by atoms with Crippen LogP contribution in [0.25, 0.3) is 0 Å². The maximum absolute atomic E-state index is 9.42. The number of ether oxygens (including phenoxy) is 1. The topological polar surface area (TPSA) is 55.5 Å². The molecule has 1 aliphatic rings. The minimum absolute atomic E-state index is 0.0191. The lowest BCUT2D eigenvalue weighted by atomic mass is 9.78. The highest BCUT2D eigenvalue weighted by atomic mass is 16.5. The van der Waals surface area contributed by atoms with Crippen LogP contribution in [-0.2, 0) is 4.74 Å². The second kappa shape index (κ2) is 2.86. The van der Waals surface area contributed by atoms with Gasteiger partial charge in [0, 0.05) is 12.0 Å². The Labute approximate surface area is 61.2 Å². The Morgan fingerprint density at radius 2 is 2.30 bits per heavy atom. The van der Waals surface area contributed by atoms with Crippen LogP contribution in [0.5, 0.6) is 0 Å². The Bertz CT molecular complexity index is 107. The molecule has 3 heteroatoms. The summed E-state index contributed by atoms with van der Waals surface area (Å²) in [4.78, 5) is 0. The lowest BCUT2D eigenvalue weighted by Gasteiger charge is -2.44. The lowest BCUT2D eigenvalue weighted by Crippen LogP contribution is -2.53. The molecular formula is C7H15NO2. The van der Waals surface area contributed by atoms with Gasteiger partial charge in [0.25, 0.3) is 0 Å². The molecule has 1 rings (SSSR count). The molecule has 0 aromatic carbocycles. The Morgan fingerprint density at radius 1 is 1.70 bits per heavy atom. The minimum atomic E-state index is -0.383. The van der Waals surface area contributed by atoms with E-state index in [-0.39, 0.29) is 11.5 Å². The van der Waals surface area contributed by atoms with E-state index in [0.29, 0.717) is 19.8 Å². The van der Waals surface area contributed by atoms with Crippen LogP contribution >= 0.6 is 0 Å². The van der Waals surface area contributed by atoms with Crippen LogP contribution < -0.4 is 5.73 Å². The molecule has 3 N–H and O–H groups in total. The van der Waals surface area contributed by atoms with Crippen molar-refractivity contribution in [3.8, 4) is 0 Å². The molecule has 1 saturated heterocycles. The summed E-state index contributed by atoms with van der Waals surface area (Å²) in [5.41, 5.74) is 5.32. The third-order valence-corrected chi connectivity index (χ3v) is 2.41. The van der Waals surface area contributed by atoms with Crippen LogP contribution in [0.3, 0.4) is 0 Å². The maximum Gasteiger partial charge on any atom is 0.0762 e. The maximum atomic E-state index is 9.42. The highest BCUT2D eigenvalue weighted by molar-refractivity contribution is 4.91. The Hall–Kier alpha value is -0.120. The highest BCUT2D eigenvalue weighted by Crippen LogP contribution is 2.34. The van der Waals surface area contributed by atoms with Gasteiger partial charge in [-0.15, -0.1) is 0 Å². The third-order valence-electron chi connectivity index (χ3n) is 2.41. The molecule has 0 bridgehead atoms. The largest absolute Gasteiger partial charge is 0.391 e. The molecule has 0 aromatic rings. The van der Waals surface area contributed by atoms with Gasteiger partial charge in [-0.3, -0.25) is 0 Å². The number of hydrogen-bond acceptors (Lipinski definition) is 3. The van der Waals surface area contributed by atoms with Crippen LogP contribution in [-0.4, -0.2) is 31.0 Å². The summed E-state index contributed by atoms with van der Waals surface area (Å²) in [6, 6.07) is 0. The molecule has 60 valence electrons. The van der Waals surface area contributed by atoms with E-state index >= 15 is 0 Å². The fraction of sp³-hybridized carbons (Fsp3) is 1.00. The van der Waals surface area contributed by atoms with E-state index < -0.39 is 0 Å². The van der Waals surface area contributed by atoms with Crippen LogP contribution in [0, 0.1) is 5.41 Å². The van der Waals surface area contributed by atoms with Crippen LogP contribution in [0.4, 0.5) is 0 Å². The average molecular weight is 145 g/mol. The highest BCUT2D eigenvalue weighted by Gasteiger charge is 2.42. The summed E-state index contributed by atoms with van der Waals surface area (Å²) in [5, 5.41) is 9.42. The van der Waals surface area contributed by atoms with Gasteiger partial charge in [-0.05, 0) is 6.42 Å². The van der Waals surface area contributed by atoms with Crippen molar-refractivity contribution in [1.82, 2.24) is 0 Å². The fourth-order valence-corrected chi connectivity index (χ4v) is 1.25. The van der Waals surface area contributed by atoms with Gasteiger partial charge < -0.3 is 15.6 Å². The summed E-state index contributed by atoms with van der Waals surface area (Å²) >= 11 is 0. The third kappa shape index (κ3) is 1.05. The van der Waals surface area contributed by atoms with Crippen molar-refractivity contribution < 1.29 is 9.84 Å². The molecule has 0 saturated carbocycles. The first-order chi connectivity index (χ1) is 4.75. The average Bonchev–Trinajstić information content (AvgIpc) is 1.86. The van der Waals surface area contributed by atoms with Gasteiger partial charge in [0.1, 0.15) is 0 Å². The van der Waals surface area contributed by atoms with Crippen LogP contribution in [0.2, 0.25) is 0 Å². The Morgan fingerprint density at radius 3 is 2.40 bits per heavy atom. The van der Waals surface area contributed by atoms with Gasteiger partial charge in [-0.1, -0.05) is 6.92 Å². The molecule has 1 fully saturated rings. The van der Waals surface area contributed by atoms with E-state index in [2.05, 4.69) is 6.92 Å². The van der Waals surface area contributed by atoms with Crippen molar-refractivity contribution >= 4 is 0 Å². The van der Waals surface area contributed by atoms with Crippen LogP contribution in [0.15, 0.2) is 0 Å². The summed E-state index contributed by atoms with van der Waals surface area (Å²) in [6.07, 6.45) is 0.567. The number of nitrogens with two attached hydrogens (primary N) is 1. The smallest absolute Gasteiger partial charge is 0.0762 e. The van der Waals surface area contributed by atoms with Gasteiger partial charge in [0.05, 0.1) is 19.3 Å². The molecule has 0 spiro atoms. The van der Waals surface area contributed by atoms with E-state index in [4.69, 9.17) is 10.5 Å². The quantitative estimate of drug-likeness (QED) is 0.575. The standard InChI is InChI=1S/C7H15NO2/c1-2-7(4-10-5-7)6(9)3-8/h6,9H,2-5,8H2,1H3/t6-/m1/s1. The van der Waals surface area contributed by atoms with Crippen molar-refractivity contribution in [2.24, 2.45) is 11.1 Å². The second-order valence-electron chi connectivity index (χ2n) is 2.96. The first kappa shape index (κ1) is 7.98. The summed E-state index contributed by atoms with van der Waals surface area (Å²) in [5.74, 6) is 0. The van der Waals surface area contributed by atoms with Crippen molar-refractivity contribution in [3.05, 3.63) is 0 Å². The second-order valence-corrected chi connectivity index (χ2v) is 2.96. The monoisotopic (exact) mass is 145 g/mol. The zero-order chi connectivity index (χ0) is 7.61. The number of hydrogen-bond donors (Lipinski definition) is 2. The van der Waals surface area contributed by atoms with Gasteiger partial charge >= 0.3 is 0 Å². The molecule has 0 aromatic heterocycles.